The smallest absolute Gasteiger partial charge is 0.311 e. The van der Waals surface area contributed by atoms with E-state index in [1.807, 2.05) is 18.2 Å². The third kappa shape index (κ3) is 2.51. The Hall–Kier alpha value is -1.96. The molecule has 110 valence electrons. The Balaban J connectivity index is 1.98. The van der Waals surface area contributed by atoms with Crippen LogP contribution in [0.15, 0.2) is 22.7 Å². The van der Waals surface area contributed by atoms with Crippen LogP contribution in [0.25, 0.3) is 11.4 Å². The molecule has 21 heavy (non-hydrogen) atoms. The molecule has 8 heteroatoms. The molecule has 1 aromatic heterocycles. The Morgan fingerprint density at radius 2 is 2.29 bits per heavy atom. The van der Waals surface area contributed by atoms with E-state index < -0.39 is 11.4 Å². The van der Waals surface area contributed by atoms with E-state index >= 15 is 0 Å². The highest BCUT2D eigenvalue weighted by Crippen LogP contribution is 2.47. The minimum atomic E-state index is -0.799. The summed E-state index contributed by atoms with van der Waals surface area (Å²) in [5.41, 5.74) is -0.000835. The first-order valence-corrected chi connectivity index (χ1v) is 7.18. The van der Waals surface area contributed by atoms with Crippen LogP contribution in [0.3, 0.4) is 0 Å². The fourth-order valence-electron chi connectivity index (χ4n) is 2.23. The molecule has 1 aliphatic rings. The van der Waals surface area contributed by atoms with Crippen molar-refractivity contribution in [3.05, 3.63) is 22.7 Å². The lowest BCUT2D eigenvalue weighted by Crippen LogP contribution is -2.22. The first-order chi connectivity index (χ1) is 10.1. The Morgan fingerprint density at radius 1 is 1.52 bits per heavy atom. The molecular formula is C13H13BrN4O3. The van der Waals surface area contributed by atoms with Gasteiger partial charge in [0, 0.05) is 4.47 Å². The van der Waals surface area contributed by atoms with Gasteiger partial charge >= 0.3 is 5.97 Å². The molecule has 0 spiro atoms. The number of rotatable bonds is 5. The summed E-state index contributed by atoms with van der Waals surface area (Å²) in [5.74, 6) is 0.333. The molecule has 0 amide bonds. The molecule has 1 aromatic carbocycles. The molecule has 1 N–H and O–H groups in total. The first-order valence-electron chi connectivity index (χ1n) is 6.39. The van der Waals surface area contributed by atoms with Crippen LogP contribution in [0.5, 0.6) is 5.75 Å². The Bertz CT molecular complexity index is 696. The number of carbonyl (C=O) groups is 1. The van der Waals surface area contributed by atoms with Gasteiger partial charge in [-0.05, 0) is 41.5 Å². The van der Waals surface area contributed by atoms with Gasteiger partial charge < -0.3 is 9.84 Å². The third-order valence-corrected chi connectivity index (χ3v) is 4.19. The SMILES string of the molecule is COc1cc(Br)ccc1-c1nnnn1CC1(C(=O)O)CC1. The van der Waals surface area contributed by atoms with E-state index in [1.165, 1.54) is 4.68 Å². The number of ether oxygens (including phenoxy) is 1. The van der Waals surface area contributed by atoms with Crippen molar-refractivity contribution in [1.29, 1.82) is 0 Å². The van der Waals surface area contributed by atoms with E-state index in [4.69, 9.17) is 4.74 Å². The lowest BCUT2D eigenvalue weighted by atomic mass is 10.1. The first kappa shape index (κ1) is 14.0. The van der Waals surface area contributed by atoms with Crippen LogP contribution in [-0.2, 0) is 11.3 Å². The summed E-state index contributed by atoms with van der Waals surface area (Å²) in [6.45, 7) is 0.268. The monoisotopic (exact) mass is 352 g/mol. The van der Waals surface area contributed by atoms with E-state index in [0.717, 1.165) is 10.0 Å². The number of hydrogen-bond acceptors (Lipinski definition) is 5. The van der Waals surface area contributed by atoms with Crippen molar-refractivity contribution in [2.45, 2.75) is 19.4 Å². The molecular weight excluding hydrogens is 340 g/mol. The summed E-state index contributed by atoms with van der Waals surface area (Å²) < 4.78 is 7.76. The van der Waals surface area contributed by atoms with Crippen molar-refractivity contribution in [3.8, 4) is 17.1 Å². The molecule has 1 saturated carbocycles. The molecule has 7 nitrogen and oxygen atoms in total. The van der Waals surface area contributed by atoms with Crippen LogP contribution in [-0.4, -0.2) is 38.4 Å². The molecule has 0 bridgehead atoms. The lowest BCUT2D eigenvalue weighted by Gasteiger charge is -2.12. The number of aliphatic carboxylic acids is 1. The number of carboxylic acids is 1. The maximum atomic E-state index is 11.3. The summed E-state index contributed by atoms with van der Waals surface area (Å²) in [6.07, 6.45) is 1.30. The van der Waals surface area contributed by atoms with E-state index in [1.54, 1.807) is 7.11 Å². The van der Waals surface area contributed by atoms with Crippen LogP contribution in [0.2, 0.25) is 0 Å². The number of halogens is 1. The highest BCUT2D eigenvalue weighted by molar-refractivity contribution is 9.10. The van der Waals surface area contributed by atoms with Gasteiger partial charge in [-0.3, -0.25) is 4.79 Å². The summed E-state index contributed by atoms with van der Waals surface area (Å²) in [6, 6.07) is 5.52. The zero-order chi connectivity index (χ0) is 15.0. The average Bonchev–Trinajstić information content (AvgIpc) is 3.11. The van der Waals surface area contributed by atoms with Crippen molar-refractivity contribution < 1.29 is 14.6 Å². The second kappa shape index (κ2) is 5.10. The zero-order valence-corrected chi connectivity index (χ0v) is 12.9. The molecule has 1 aliphatic carbocycles. The van der Waals surface area contributed by atoms with Gasteiger partial charge in [0.2, 0.25) is 0 Å². The molecule has 3 rings (SSSR count). The predicted molar refractivity (Wildman–Crippen MR) is 76.8 cm³/mol. The molecule has 0 atom stereocenters. The zero-order valence-electron chi connectivity index (χ0n) is 11.3. The summed E-state index contributed by atoms with van der Waals surface area (Å²) in [4.78, 5) is 11.3. The Morgan fingerprint density at radius 3 is 2.90 bits per heavy atom. The van der Waals surface area contributed by atoms with Crippen LogP contribution in [0.4, 0.5) is 0 Å². The van der Waals surface area contributed by atoms with Gasteiger partial charge in [-0.1, -0.05) is 15.9 Å². The van der Waals surface area contributed by atoms with Gasteiger partial charge in [-0.2, -0.15) is 0 Å². The van der Waals surface area contributed by atoms with Gasteiger partial charge in [0.25, 0.3) is 0 Å². The quantitative estimate of drug-likeness (QED) is 0.884. The van der Waals surface area contributed by atoms with Gasteiger partial charge in [-0.25, -0.2) is 4.68 Å². The number of tetrazole rings is 1. The fraction of sp³-hybridized carbons (Fsp3) is 0.385. The largest absolute Gasteiger partial charge is 0.496 e. The number of nitrogens with zero attached hydrogens (tertiary/aromatic N) is 4. The van der Waals surface area contributed by atoms with Crippen LogP contribution in [0, 0.1) is 5.41 Å². The van der Waals surface area contributed by atoms with Crippen molar-refractivity contribution in [1.82, 2.24) is 20.2 Å². The number of benzene rings is 1. The number of aromatic nitrogens is 4. The molecule has 0 radical (unpaired) electrons. The van der Waals surface area contributed by atoms with Crippen molar-refractivity contribution in [3.63, 3.8) is 0 Å². The maximum absolute atomic E-state index is 11.3. The lowest BCUT2D eigenvalue weighted by molar-refractivity contribution is -0.144. The van der Waals surface area contributed by atoms with Crippen LogP contribution >= 0.6 is 15.9 Å². The van der Waals surface area contributed by atoms with Gasteiger partial charge in [0.15, 0.2) is 5.82 Å². The molecule has 0 saturated heterocycles. The highest BCUT2D eigenvalue weighted by atomic mass is 79.9. The molecule has 1 fully saturated rings. The minimum Gasteiger partial charge on any atom is -0.496 e. The molecule has 1 heterocycles. The predicted octanol–water partition coefficient (Wildman–Crippen LogP) is 1.98. The second-order valence-corrected chi connectivity index (χ2v) is 6.01. The maximum Gasteiger partial charge on any atom is 0.311 e. The Kier molecular flexibility index (Phi) is 3.40. The van der Waals surface area contributed by atoms with Gasteiger partial charge in [0.05, 0.1) is 24.6 Å². The average molecular weight is 353 g/mol. The number of hydrogen-bond donors (Lipinski definition) is 1. The van der Waals surface area contributed by atoms with Gasteiger partial charge in [0.1, 0.15) is 5.75 Å². The van der Waals surface area contributed by atoms with Crippen molar-refractivity contribution in [2.75, 3.05) is 7.11 Å². The van der Waals surface area contributed by atoms with Crippen LogP contribution in [0.1, 0.15) is 12.8 Å². The molecule has 2 aromatic rings. The normalized spacial score (nSPS) is 15.7. The minimum absolute atomic E-state index is 0.268. The number of methoxy groups -OCH3 is 1. The van der Waals surface area contributed by atoms with E-state index in [-0.39, 0.29) is 6.54 Å². The summed E-state index contributed by atoms with van der Waals surface area (Å²) in [7, 11) is 1.57. The van der Waals surface area contributed by atoms with Crippen molar-refractivity contribution >= 4 is 21.9 Å². The van der Waals surface area contributed by atoms with Gasteiger partial charge in [-0.15, -0.1) is 5.10 Å². The fourth-order valence-corrected chi connectivity index (χ4v) is 2.57. The highest BCUT2D eigenvalue weighted by Gasteiger charge is 2.51. The van der Waals surface area contributed by atoms with E-state index in [9.17, 15) is 9.90 Å². The number of carboxylic acid groups (broad SMARTS) is 1. The Labute approximate surface area is 129 Å². The van der Waals surface area contributed by atoms with E-state index in [2.05, 4.69) is 31.5 Å². The standard InChI is InChI=1S/C13H13BrN4O3/c1-21-10-6-8(14)2-3-9(10)11-15-16-17-18(11)7-13(4-5-13)12(19)20/h2-3,6H,4-5,7H2,1H3,(H,19,20). The van der Waals surface area contributed by atoms with Crippen molar-refractivity contribution in [2.24, 2.45) is 5.41 Å². The topological polar surface area (TPSA) is 90.1 Å². The van der Waals surface area contributed by atoms with E-state index in [0.29, 0.717) is 24.4 Å². The molecule has 0 aliphatic heterocycles. The summed E-state index contributed by atoms with van der Waals surface area (Å²) in [5, 5.41) is 20.9. The molecule has 0 unspecified atom stereocenters. The third-order valence-electron chi connectivity index (χ3n) is 3.70. The summed E-state index contributed by atoms with van der Waals surface area (Å²) >= 11 is 3.38. The van der Waals surface area contributed by atoms with Crippen LogP contribution < -0.4 is 4.74 Å². The second-order valence-electron chi connectivity index (χ2n) is 5.09.